The van der Waals surface area contributed by atoms with Crippen LogP contribution in [0, 0.1) is 27.3 Å². The maximum atomic E-state index is 13.5. The lowest BCUT2D eigenvalue weighted by molar-refractivity contribution is -0.384. The Bertz CT molecular complexity index is 937. The van der Waals surface area contributed by atoms with E-state index in [1.807, 2.05) is 0 Å². The van der Waals surface area contributed by atoms with Crippen molar-refractivity contribution in [1.29, 1.82) is 5.26 Å². The van der Waals surface area contributed by atoms with Crippen LogP contribution in [-0.4, -0.2) is 17.9 Å². The molecular formula is C18H15FN4O4. The Morgan fingerprint density at radius 3 is 2.74 bits per heavy atom. The van der Waals surface area contributed by atoms with Gasteiger partial charge in [-0.25, -0.2) is 4.39 Å². The number of benzene rings is 2. The van der Waals surface area contributed by atoms with Gasteiger partial charge >= 0.3 is 0 Å². The van der Waals surface area contributed by atoms with E-state index in [0.717, 1.165) is 6.07 Å². The van der Waals surface area contributed by atoms with Gasteiger partial charge in [-0.1, -0.05) is 18.2 Å². The van der Waals surface area contributed by atoms with Crippen molar-refractivity contribution in [2.75, 3.05) is 12.4 Å². The predicted molar refractivity (Wildman–Crippen MR) is 95.2 cm³/mol. The molecule has 0 aliphatic rings. The number of rotatable bonds is 7. The lowest BCUT2D eigenvalue weighted by Gasteiger charge is -2.10. The Kier molecular flexibility index (Phi) is 6.44. The molecule has 0 bridgehead atoms. The monoisotopic (exact) mass is 370 g/mol. The number of amides is 1. The van der Waals surface area contributed by atoms with Crippen LogP contribution in [0.15, 0.2) is 54.2 Å². The first-order chi connectivity index (χ1) is 13.0. The highest BCUT2D eigenvalue weighted by Gasteiger charge is 2.15. The van der Waals surface area contributed by atoms with Crippen LogP contribution in [0.5, 0.6) is 5.75 Å². The van der Waals surface area contributed by atoms with Gasteiger partial charge in [0.1, 0.15) is 23.2 Å². The van der Waals surface area contributed by atoms with E-state index in [4.69, 9.17) is 10.00 Å². The van der Waals surface area contributed by atoms with E-state index in [-0.39, 0.29) is 29.2 Å². The van der Waals surface area contributed by atoms with Crippen LogP contribution >= 0.6 is 0 Å². The minimum atomic E-state index is -0.745. The van der Waals surface area contributed by atoms with Crippen LogP contribution in [0.4, 0.5) is 15.8 Å². The fourth-order valence-corrected chi connectivity index (χ4v) is 2.14. The maximum absolute atomic E-state index is 13.5. The van der Waals surface area contributed by atoms with Crippen LogP contribution in [0.1, 0.15) is 5.56 Å². The Morgan fingerprint density at radius 1 is 1.37 bits per heavy atom. The molecule has 0 fully saturated rings. The number of nitrogens with zero attached hydrogens (tertiary/aromatic N) is 2. The minimum Gasteiger partial charge on any atom is -0.494 e. The van der Waals surface area contributed by atoms with E-state index in [1.54, 1.807) is 24.3 Å². The lowest BCUT2D eigenvalue weighted by atomic mass is 10.2. The highest BCUT2D eigenvalue weighted by atomic mass is 19.1. The lowest BCUT2D eigenvalue weighted by Crippen LogP contribution is -2.17. The van der Waals surface area contributed by atoms with Crippen molar-refractivity contribution >= 4 is 17.3 Å². The second kappa shape index (κ2) is 8.96. The van der Waals surface area contributed by atoms with E-state index in [0.29, 0.717) is 5.56 Å². The number of ether oxygens (including phenoxy) is 1. The first kappa shape index (κ1) is 19.4. The summed E-state index contributed by atoms with van der Waals surface area (Å²) in [5, 5.41) is 25.1. The first-order valence-electron chi connectivity index (χ1n) is 7.67. The van der Waals surface area contributed by atoms with Crippen molar-refractivity contribution in [3.8, 4) is 11.8 Å². The number of hydrogen-bond acceptors (Lipinski definition) is 6. The Morgan fingerprint density at radius 2 is 2.11 bits per heavy atom. The second-order valence-corrected chi connectivity index (χ2v) is 5.24. The highest BCUT2D eigenvalue weighted by molar-refractivity contribution is 6.07. The summed E-state index contributed by atoms with van der Waals surface area (Å²) in [5.74, 6) is -1.07. The SMILES string of the molecule is COc1cc([N+](=O)[O-])ccc1NC(=O)/C(C#N)=C\NCc1ccccc1F. The summed E-state index contributed by atoms with van der Waals surface area (Å²) in [6.07, 6.45) is 1.17. The zero-order valence-electron chi connectivity index (χ0n) is 14.2. The van der Waals surface area contributed by atoms with Gasteiger partial charge in [0.25, 0.3) is 11.6 Å². The van der Waals surface area contributed by atoms with Crippen molar-refractivity contribution in [2.45, 2.75) is 6.54 Å². The fraction of sp³-hybridized carbons (Fsp3) is 0.111. The molecule has 2 N–H and O–H groups in total. The number of nitrogens with one attached hydrogen (secondary N) is 2. The number of carbonyl (C=O) groups excluding carboxylic acids is 1. The number of nitro groups is 1. The minimum absolute atomic E-state index is 0.0779. The molecule has 2 rings (SSSR count). The number of methoxy groups -OCH3 is 1. The van der Waals surface area contributed by atoms with Crippen molar-refractivity contribution in [3.63, 3.8) is 0 Å². The molecule has 138 valence electrons. The van der Waals surface area contributed by atoms with Crippen molar-refractivity contribution in [1.82, 2.24) is 5.32 Å². The van der Waals surface area contributed by atoms with Crippen molar-refractivity contribution in [3.05, 3.63) is 75.7 Å². The third-order valence-electron chi connectivity index (χ3n) is 3.51. The van der Waals surface area contributed by atoms with Gasteiger partial charge in [-0.05, 0) is 12.1 Å². The largest absolute Gasteiger partial charge is 0.494 e. The molecule has 1 amide bonds. The molecule has 0 heterocycles. The third kappa shape index (κ3) is 5.02. The number of nitro benzene ring substituents is 1. The van der Waals surface area contributed by atoms with E-state index in [1.165, 1.54) is 31.5 Å². The molecule has 0 atom stereocenters. The molecule has 0 aromatic heterocycles. The summed E-state index contributed by atoms with van der Waals surface area (Å²) < 4.78 is 18.6. The summed E-state index contributed by atoms with van der Waals surface area (Å²) >= 11 is 0. The number of halogens is 1. The molecule has 9 heteroatoms. The molecular weight excluding hydrogens is 355 g/mol. The molecule has 0 aliphatic carbocycles. The first-order valence-corrected chi connectivity index (χ1v) is 7.67. The summed E-state index contributed by atoms with van der Waals surface area (Å²) in [7, 11) is 1.30. The smallest absolute Gasteiger partial charge is 0.273 e. The van der Waals surface area contributed by atoms with Crippen molar-refractivity contribution in [2.24, 2.45) is 0 Å². The van der Waals surface area contributed by atoms with Crippen LogP contribution < -0.4 is 15.4 Å². The number of hydrogen-bond donors (Lipinski definition) is 2. The summed E-state index contributed by atoms with van der Waals surface area (Å²) in [5.41, 5.74) is 0.0889. The molecule has 2 aromatic carbocycles. The molecule has 0 aliphatic heterocycles. The molecule has 0 radical (unpaired) electrons. The van der Waals surface area contributed by atoms with Gasteiger partial charge < -0.3 is 15.4 Å². The summed E-state index contributed by atoms with van der Waals surface area (Å²) in [4.78, 5) is 22.4. The van der Waals surface area contributed by atoms with E-state index in [2.05, 4.69) is 10.6 Å². The number of non-ortho nitro benzene ring substituents is 1. The van der Waals surface area contributed by atoms with Crippen LogP contribution in [-0.2, 0) is 11.3 Å². The summed E-state index contributed by atoms with van der Waals surface area (Å²) in [6.45, 7) is 0.0893. The maximum Gasteiger partial charge on any atom is 0.273 e. The number of carbonyl (C=O) groups is 1. The van der Waals surface area contributed by atoms with E-state index >= 15 is 0 Å². The van der Waals surface area contributed by atoms with E-state index in [9.17, 15) is 19.3 Å². The third-order valence-corrected chi connectivity index (χ3v) is 3.51. The summed E-state index contributed by atoms with van der Waals surface area (Å²) in [6, 6.07) is 11.5. The van der Waals surface area contributed by atoms with Gasteiger partial charge in [0.15, 0.2) is 0 Å². The topological polar surface area (TPSA) is 117 Å². The molecule has 0 unspecified atom stereocenters. The molecule has 8 nitrogen and oxygen atoms in total. The molecule has 0 spiro atoms. The Hall–Kier alpha value is -3.93. The molecule has 0 saturated heterocycles. The predicted octanol–water partition coefficient (Wildman–Crippen LogP) is 2.88. The fourth-order valence-electron chi connectivity index (χ4n) is 2.14. The zero-order valence-corrected chi connectivity index (χ0v) is 14.2. The highest BCUT2D eigenvalue weighted by Crippen LogP contribution is 2.29. The van der Waals surface area contributed by atoms with Gasteiger partial charge in [-0.3, -0.25) is 14.9 Å². The van der Waals surface area contributed by atoms with Gasteiger partial charge in [0.2, 0.25) is 0 Å². The average molecular weight is 370 g/mol. The zero-order chi connectivity index (χ0) is 19.8. The van der Waals surface area contributed by atoms with Gasteiger partial charge in [-0.15, -0.1) is 0 Å². The molecule has 0 saturated carbocycles. The van der Waals surface area contributed by atoms with Crippen LogP contribution in [0.3, 0.4) is 0 Å². The van der Waals surface area contributed by atoms with Crippen molar-refractivity contribution < 1.29 is 18.8 Å². The van der Waals surface area contributed by atoms with E-state index < -0.39 is 16.6 Å². The van der Waals surface area contributed by atoms with Crippen LogP contribution in [0.2, 0.25) is 0 Å². The average Bonchev–Trinajstić information content (AvgIpc) is 2.66. The van der Waals surface area contributed by atoms with Gasteiger partial charge in [0.05, 0.1) is 23.8 Å². The normalized spacial score (nSPS) is 10.6. The Labute approximate surface area is 154 Å². The number of anilines is 1. The number of nitriles is 1. The van der Waals surface area contributed by atoms with Gasteiger partial charge in [0, 0.05) is 24.4 Å². The van der Waals surface area contributed by atoms with Gasteiger partial charge in [-0.2, -0.15) is 5.26 Å². The Balaban J connectivity index is 2.10. The molecule has 2 aromatic rings. The van der Waals surface area contributed by atoms with Crippen LogP contribution in [0.25, 0.3) is 0 Å². The second-order valence-electron chi connectivity index (χ2n) is 5.24. The molecule has 27 heavy (non-hydrogen) atoms. The quantitative estimate of drug-likeness (QED) is 0.335. The standard InChI is InChI=1S/C18H15FN4O4/c1-27-17-8-14(23(25)26)6-7-16(17)22-18(24)13(9-20)11-21-10-12-4-2-3-5-15(12)19/h2-8,11,21H,10H2,1H3,(H,22,24)/b13-11-.